The van der Waals surface area contributed by atoms with Crippen molar-refractivity contribution in [3.8, 4) is 11.1 Å². The van der Waals surface area contributed by atoms with Crippen molar-refractivity contribution >= 4 is 29.2 Å². The van der Waals surface area contributed by atoms with E-state index in [1.807, 2.05) is 56.3 Å². The Morgan fingerprint density at radius 2 is 1.73 bits per heavy atom. The van der Waals surface area contributed by atoms with Gasteiger partial charge in [0.05, 0.1) is 0 Å². The van der Waals surface area contributed by atoms with E-state index >= 15 is 0 Å². The second-order valence-corrected chi connectivity index (χ2v) is 8.62. The molecule has 0 spiro atoms. The average molecular weight is 465 g/mol. The number of rotatable bonds is 8. The van der Waals surface area contributed by atoms with E-state index in [0.29, 0.717) is 12.0 Å². The summed E-state index contributed by atoms with van der Waals surface area (Å²) in [6.07, 6.45) is 0.656. The van der Waals surface area contributed by atoms with Crippen molar-refractivity contribution in [3.05, 3.63) is 87.9 Å². The van der Waals surface area contributed by atoms with E-state index in [2.05, 4.69) is 29.7 Å². The number of benzene rings is 3. The normalized spacial score (nSPS) is 12.6. The molecule has 6 heteroatoms. The van der Waals surface area contributed by atoms with Gasteiger partial charge in [-0.25, -0.2) is 0 Å². The van der Waals surface area contributed by atoms with Crippen LogP contribution in [0.1, 0.15) is 53.9 Å². The average Bonchev–Trinajstić information content (AvgIpc) is 2.80. The number of aliphatic carboxylic acids is 1. The third-order valence-corrected chi connectivity index (χ3v) is 6.13. The molecule has 1 unspecified atom stereocenters. The largest absolute Gasteiger partial charge is 0.480 e. The zero-order valence-electron chi connectivity index (χ0n) is 19.3. The molecule has 172 valence electrons. The van der Waals surface area contributed by atoms with Crippen molar-refractivity contribution < 1.29 is 14.7 Å². The van der Waals surface area contributed by atoms with E-state index in [4.69, 9.17) is 16.7 Å². The molecular formula is C27H29ClN2O3. The number of hydrogen-bond donors (Lipinski definition) is 3. The molecule has 0 radical (unpaired) electrons. The zero-order valence-corrected chi connectivity index (χ0v) is 20.0. The molecule has 0 aliphatic rings. The Morgan fingerprint density at radius 1 is 1.00 bits per heavy atom. The fourth-order valence-electron chi connectivity index (χ4n) is 3.68. The van der Waals surface area contributed by atoms with E-state index in [0.717, 1.165) is 38.5 Å². The maximum absolute atomic E-state index is 12.5. The highest BCUT2D eigenvalue weighted by molar-refractivity contribution is 6.31. The number of nitrogens with one attached hydrogen (secondary N) is 2. The molecule has 0 saturated heterocycles. The molecule has 0 fully saturated rings. The van der Waals surface area contributed by atoms with Crippen LogP contribution in [0, 0.1) is 6.92 Å². The van der Waals surface area contributed by atoms with Crippen LogP contribution in [0.25, 0.3) is 11.1 Å². The summed E-state index contributed by atoms with van der Waals surface area (Å²) < 4.78 is 0. The van der Waals surface area contributed by atoms with Gasteiger partial charge in [0.15, 0.2) is 0 Å². The highest BCUT2D eigenvalue weighted by Crippen LogP contribution is 2.28. The summed E-state index contributed by atoms with van der Waals surface area (Å²) in [6, 6.07) is 19.0. The lowest BCUT2D eigenvalue weighted by atomic mass is 9.96. The number of halogens is 1. The van der Waals surface area contributed by atoms with Gasteiger partial charge in [0.25, 0.3) is 5.91 Å². The molecule has 0 aliphatic carbocycles. The van der Waals surface area contributed by atoms with Crippen LogP contribution in [-0.2, 0) is 11.2 Å². The second-order valence-electron chi connectivity index (χ2n) is 8.21. The van der Waals surface area contributed by atoms with Gasteiger partial charge in [-0.15, -0.1) is 0 Å². The van der Waals surface area contributed by atoms with E-state index in [9.17, 15) is 9.59 Å². The fraction of sp³-hybridized carbons (Fsp3) is 0.259. The highest BCUT2D eigenvalue weighted by Gasteiger charge is 2.18. The Kier molecular flexibility index (Phi) is 7.77. The first kappa shape index (κ1) is 24.3. The summed E-state index contributed by atoms with van der Waals surface area (Å²) in [5.41, 5.74) is 6.57. The molecule has 0 aromatic heterocycles. The van der Waals surface area contributed by atoms with Crippen LogP contribution in [0.2, 0.25) is 5.02 Å². The number of hydrogen-bond acceptors (Lipinski definition) is 3. The Balaban J connectivity index is 1.82. The van der Waals surface area contributed by atoms with E-state index in [1.165, 1.54) is 6.92 Å². The van der Waals surface area contributed by atoms with Crippen LogP contribution in [-0.4, -0.2) is 23.0 Å². The molecule has 3 N–H and O–H groups in total. The first-order valence-corrected chi connectivity index (χ1v) is 11.4. The lowest BCUT2D eigenvalue weighted by Gasteiger charge is -2.18. The SMILES string of the molecule is CCc1cc(-c2cccc(NC(C)c3ccc(Cl)c(C)c3)c2)ccc1C(=O)N[C@@H](C)C(=O)O. The minimum Gasteiger partial charge on any atom is -0.480 e. The van der Waals surface area contributed by atoms with Gasteiger partial charge in [0, 0.05) is 22.3 Å². The number of aryl methyl sites for hydroxylation is 2. The summed E-state index contributed by atoms with van der Waals surface area (Å²) in [4.78, 5) is 23.6. The van der Waals surface area contributed by atoms with Gasteiger partial charge in [0.1, 0.15) is 6.04 Å². The Hall–Kier alpha value is -3.31. The summed E-state index contributed by atoms with van der Waals surface area (Å²) >= 11 is 6.16. The molecule has 3 rings (SSSR count). The van der Waals surface area contributed by atoms with Crippen molar-refractivity contribution in [3.63, 3.8) is 0 Å². The van der Waals surface area contributed by atoms with Gasteiger partial charge in [-0.2, -0.15) is 0 Å². The van der Waals surface area contributed by atoms with Crippen LogP contribution in [0.5, 0.6) is 0 Å². The van der Waals surface area contributed by atoms with Crippen molar-refractivity contribution in [1.82, 2.24) is 5.32 Å². The lowest BCUT2D eigenvalue weighted by molar-refractivity contribution is -0.138. The molecule has 5 nitrogen and oxygen atoms in total. The highest BCUT2D eigenvalue weighted by atomic mass is 35.5. The lowest BCUT2D eigenvalue weighted by Crippen LogP contribution is -2.38. The van der Waals surface area contributed by atoms with Gasteiger partial charge < -0.3 is 15.7 Å². The Labute approximate surface area is 199 Å². The number of carbonyl (C=O) groups excluding carboxylic acids is 1. The van der Waals surface area contributed by atoms with Crippen molar-refractivity contribution in [2.45, 2.75) is 46.2 Å². The molecule has 0 aliphatic heterocycles. The van der Waals surface area contributed by atoms with Crippen LogP contribution >= 0.6 is 11.6 Å². The first-order chi connectivity index (χ1) is 15.7. The molecule has 0 heterocycles. The monoisotopic (exact) mass is 464 g/mol. The molecule has 3 aromatic rings. The van der Waals surface area contributed by atoms with Gasteiger partial charge in [0.2, 0.25) is 0 Å². The Morgan fingerprint density at radius 3 is 2.39 bits per heavy atom. The number of anilines is 1. The van der Waals surface area contributed by atoms with Gasteiger partial charge in [-0.05, 0) is 79.3 Å². The Bertz CT molecular complexity index is 1180. The molecule has 2 atom stereocenters. The van der Waals surface area contributed by atoms with Crippen LogP contribution in [0.3, 0.4) is 0 Å². The number of carboxylic acid groups (broad SMARTS) is 1. The minimum absolute atomic E-state index is 0.102. The van der Waals surface area contributed by atoms with E-state index in [-0.39, 0.29) is 11.9 Å². The topological polar surface area (TPSA) is 78.4 Å². The summed E-state index contributed by atoms with van der Waals surface area (Å²) in [6.45, 7) is 7.53. The summed E-state index contributed by atoms with van der Waals surface area (Å²) in [5.74, 6) is -1.44. The van der Waals surface area contributed by atoms with E-state index < -0.39 is 12.0 Å². The van der Waals surface area contributed by atoms with Crippen molar-refractivity contribution in [1.29, 1.82) is 0 Å². The molecular weight excluding hydrogens is 436 g/mol. The summed E-state index contributed by atoms with van der Waals surface area (Å²) in [5, 5.41) is 15.9. The maximum atomic E-state index is 12.5. The minimum atomic E-state index is -1.06. The summed E-state index contributed by atoms with van der Waals surface area (Å²) in [7, 11) is 0. The van der Waals surface area contributed by atoms with Crippen LogP contribution in [0.4, 0.5) is 5.69 Å². The van der Waals surface area contributed by atoms with Gasteiger partial charge in [-0.1, -0.05) is 54.9 Å². The predicted octanol–water partition coefficient (Wildman–Crippen LogP) is 6.25. The third kappa shape index (κ3) is 5.93. The number of carbonyl (C=O) groups is 2. The number of carboxylic acids is 1. The second kappa shape index (κ2) is 10.5. The van der Waals surface area contributed by atoms with E-state index in [1.54, 1.807) is 6.07 Å². The first-order valence-electron chi connectivity index (χ1n) is 11.0. The standard InChI is InChI=1S/C27H29ClN2O3/c1-5-19-14-22(9-11-24(19)26(31)30-18(4)27(32)33)21-7-6-8-23(15-21)29-17(3)20-10-12-25(28)16(2)13-20/h6-15,17-18,29H,5H2,1-4H3,(H,30,31)(H,32,33)/t17?,18-/m0/s1. The third-order valence-electron chi connectivity index (χ3n) is 5.71. The quantitative estimate of drug-likeness (QED) is 0.368. The zero-order chi connectivity index (χ0) is 24.1. The fourth-order valence-corrected chi connectivity index (χ4v) is 3.80. The molecule has 3 aromatic carbocycles. The smallest absolute Gasteiger partial charge is 0.325 e. The maximum Gasteiger partial charge on any atom is 0.325 e. The van der Waals surface area contributed by atoms with Crippen molar-refractivity contribution in [2.75, 3.05) is 5.32 Å². The van der Waals surface area contributed by atoms with Gasteiger partial charge in [-0.3, -0.25) is 9.59 Å². The van der Waals surface area contributed by atoms with Gasteiger partial charge >= 0.3 is 5.97 Å². The van der Waals surface area contributed by atoms with Crippen LogP contribution < -0.4 is 10.6 Å². The van der Waals surface area contributed by atoms with Crippen molar-refractivity contribution in [2.24, 2.45) is 0 Å². The molecule has 0 bridgehead atoms. The predicted molar refractivity (Wildman–Crippen MR) is 134 cm³/mol. The molecule has 0 saturated carbocycles. The van der Waals surface area contributed by atoms with Crippen LogP contribution in [0.15, 0.2) is 60.7 Å². The molecule has 1 amide bonds. The number of amides is 1. The molecule has 33 heavy (non-hydrogen) atoms.